The third-order valence-corrected chi connectivity index (χ3v) is 6.40. The van der Waals surface area contributed by atoms with E-state index in [0.717, 1.165) is 24.8 Å². The van der Waals surface area contributed by atoms with Crippen molar-refractivity contribution in [2.75, 3.05) is 27.2 Å². The Morgan fingerprint density at radius 2 is 1.92 bits per heavy atom. The zero-order valence-corrected chi connectivity index (χ0v) is 15.5. The molecule has 2 amide bonds. The molecule has 0 aromatic heterocycles. The van der Waals surface area contributed by atoms with E-state index >= 15 is 0 Å². The molecule has 0 radical (unpaired) electrons. The highest BCUT2D eigenvalue weighted by Crippen LogP contribution is 2.25. The number of hydrogen-bond acceptors (Lipinski definition) is 3. The van der Waals surface area contributed by atoms with Gasteiger partial charge in [-0.05, 0) is 43.9 Å². The minimum absolute atomic E-state index is 0.0599. The first kappa shape index (κ1) is 18.7. The Labute approximate surface area is 144 Å². The summed E-state index contributed by atoms with van der Waals surface area (Å²) in [6.07, 6.45) is 3.60. The van der Waals surface area contributed by atoms with Gasteiger partial charge in [0.2, 0.25) is 10.0 Å². The van der Waals surface area contributed by atoms with Crippen LogP contribution >= 0.6 is 0 Å². The average Bonchev–Trinajstić information content (AvgIpc) is 2.55. The molecule has 1 aromatic carbocycles. The van der Waals surface area contributed by atoms with Crippen LogP contribution in [0, 0.1) is 0 Å². The van der Waals surface area contributed by atoms with Crippen molar-refractivity contribution in [2.24, 2.45) is 0 Å². The number of benzene rings is 1. The van der Waals surface area contributed by atoms with Crippen molar-refractivity contribution in [2.45, 2.75) is 43.5 Å². The zero-order chi connectivity index (χ0) is 17.7. The number of carbonyl (C=O) groups excluding carboxylic acids is 1. The summed E-state index contributed by atoms with van der Waals surface area (Å²) in [4.78, 5) is 13.3. The van der Waals surface area contributed by atoms with Gasteiger partial charge in [-0.3, -0.25) is 0 Å². The molecule has 1 N–H and O–H groups in total. The van der Waals surface area contributed by atoms with Crippen LogP contribution in [0.3, 0.4) is 0 Å². The molecule has 24 heavy (non-hydrogen) atoms. The molecule has 6 nitrogen and oxygen atoms in total. The lowest BCUT2D eigenvalue weighted by atomic mass is 10.1. The van der Waals surface area contributed by atoms with Crippen LogP contribution in [0.4, 0.5) is 4.79 Å². The van der Waals surface area contributed by atoms with Gasteiger partial charge in [0.25, 0.3) is 0 Å². The molecule has 1 aliphatic rings. The lowest BCUT2D eigenvalue weighted by molar-refractivity contribution is 0.217. The van der Waals surface area contributed by atoms with Gasteiger partial charge in [-0.1, -0.05) is 18.6 Å². The number of rotatable bonds is 5. The van der Waals surface area contributed by atoms with Gasteiger partial charge >= 0.3 is 6.03 Å². The van der Waals surface area contributed by atoms with Crippen LogP contribution in [0.25, 0.3) is 0 Å². The summed E-state index contributed by atoms with van der Waals surface area (Å²) in [5.41, 5.74) is 1.000. The first-order valence-electron chi connectivity index (χ1n) is 8.38. The van der Waals surface area contributed by atoms with Crippen LogP contribution in [-0.2, 0) is 16.4 Å². The van der Waals surface area contributed by atoms with E-state index in [9.17, 15) is 13.2 Å². The standard InChI is InChI=1S/C17H27N3O3S/c1-14-6-4-5-13-20(14)24(22,23)16-9-7-15(8-10-16)11-12-18-17(21)19(2)3/h7-10,14H,4-6,11-13H2,1-3H3,(H,18,21). The quantitative estimate of drug-likeness (QED) is 0.881. The Balaban J connectivity index is 1.99. The van der Waals surface area contributed by atoms with Crippen molar-refractivity contribution >= 4 is 16.1 Å². The summed E-state index contributed by atoms with van der Waals surface area (Å²) >= 11 is 0. The second-order valence-electron chi connectivity index (χ2n) is 6.48. The van der Waals surface area contributed by atoms with E-state index in [1.165, 1.54) is 4.90 Å². The predicted octanol–water partition coefficient (Wildman–Crippen LogP) is 2.06. The van der Waals surface area contributed by atoms with Crippen molar-refractivity contribution in [3.05, 3.63) is 29.8 Å². The van der Waals surface area contributed by atoms with Gasteiger partial charge in [0.05, 0.1) is 4.90 Å². The molecule has 7 heteroatoms. The largest absolute Gasteiger partial charge is 0.338 e. The van der Waals surface area contributed by atoms with Crippen LogP contribution in [0.15, 0.2) is 29.2 Å². The number of sulfonamides is 1. The van der Waals surface area contributed by atoms with Crippen LogP contribution in [0.5, 0.6) is 0 Å². The molecular weight excluding hydrogens is 326 g/mol. The fourth-order valence-electron chi connectivity index (χ4n) is 2.86. The lowest BCUT2D eigenvalue weighted by Gasteiger charge is -2.32. The topological polar surface area (TPSA) is 69.7 Å². The van der Waals surface area contributed by atoms with Crippen LogP contribution in [0.2, 0.25) is 0 Å². The van der Waals surface area contributed by atoms with Gasteiger partial charge in [-0.2, -0.15) is 4.31 Å². The van der Waals surface area contributed by atoms with E-state index in [0.29, 0.717) is 24.4 Å². The SMILES string of the molecule is CC1CCCCN1S(=O)(=O)c1ccc(CCNC(=O)N(C)C)cc1. The fraction of sp³-hybridized carbons (Fsp3) is 0.588. The smallest absolute Gasteiger partial charge is 0.316 e. The maximum absolute atomic E-state index is 12.8. The van der Waals surface area contributed by atoms with Crippen molar-refractivity contribution in [3.63, 3.8) is 0 Å². The Bertz CT molecular complexity index is 656. The summed E-state index contributed by atoms with van der Waals surface area (Å²) in [5, 5.41) is 2.79. The summed E-state index contributed by atoms with van der Waals surface area (Å²) in [6, 6.07) is 6.91. The molecule has 1 unspecified atom stereocenters. The molecule has 1 saturated heterocycles. The number of nitrogens with zero attached hydrogens (tertiary/aromatic N) is 2. The molecule has 1 atom stereocenters. The molecule has 1 aromatic rings. The third kappa shape index (κ3) is 4.48. The summed E-state index contributed by atoms with van der Waals surface area (Å²) in [7, 11) is -0.0341. The average molecular weight is 353 g/mol. The summed E-state index contributed by atoms with van der Waals surface area (Å²) in [5.74, 6) is 0. The predicted molar refractivity (Wildman–Crippen MR) is 94.4 cm³/mol. The molecule has 0 aliphatic carbocycles. The number of nitrogens with one attached hydrogen (secondary N) is 1. The number of carbonyl (C=O) groups is 1. The van der Waals surface area contributed by atoms with Crippen LogP contribution in [0.1, 0.15) is 31.7 Å². The van der Waals surface area contributed by atoms with Gasteiger partial charge in [-0.25, -0.2) is 13.2 Å². The maximum atomic E-state index is 12.8. The summed E-state index contributed by atoms with van der Waals surface area (Å²) in [6.45, 7) is 3.09. The van der Waals surface area contributed by atoms with Crippen molar-refractivity contribution in [1.82, 2.24) is 14.5 Å². The molecule has 0 spiro atoms. The fourth-order valence-corrected chi connectivity index (χ4v) is 4.56. The highest BCUT2D eigenvalue weighted by Gasteiger charge is 2.30. The monoisotopic (exact) mass is 353 g/mol. The van der Waals surface area contributed by atoms with E-state index in [1.807, 2.05) is 19.1 Å². The van der Waals surface area contributed by atoms with E-state index in [-0.39, 0.29) is 12.1 Å². The molecule has 0 saturated carbocycles. The van der Waals surface area contributed by atoms with E-state index in [1.54, 1.807) is 30.5 Å². The minimum Gasteiger partial charge on any atom is -0.338 e. The highest BCUT2D eigenvalue weighted by atomic mass is 32.2. The summed E-state index contributed by atoms with van der Waals surface area (Å²) < 4.78 is 27.1. The van der Waals surface area contributed by atoms with Gasteiger partial charge < -0.3 is 10.2 Å². The Kier molecular flexibility index (Phi) is 6.23. The molecule has 1 heterocycles. The number of hydrogen-bond donors (Lipinski definition) is 1. The Morgan fingerprint density at radius 3 is 2.50 bits per heavy atom. The second kappa shape index (κ2) is 7.98. The van der Waals surface area contributed by atoms with Crippen molar-refractivity contribution < 1.29 is 13.2 Å². The van der Waals surface area contributed by atoms with Gasteiger partial charge in [0.1, 0.15) is 0 Å². The van der Waals surface area contributed by atoms with E-state index in [4.69, 9.17) is 0 Å². The minimum atomic E-state index is -3.42. The van der Waals surface area contributed by atoms with Crippen LogP contribution in [-0.4, -0.2) is 56.9 Å². The normalized spacial score (nSPS) is 19.0. The third-order valence-electron chi connectivity index (χ3n) is 4.37. The van der Waals surface area contributed by atoms with E-state index < -0.39 is 10.0 Å². The number of urea groups is 1. The molecule has 2 rings (SSSR count). The van der Waals surface area contributed by atoms with E-state index in [2.05, 4.69) is 5.32 Å². The zero-order valence-electron chi connectivity index (χ0n) is 14.7. The lowest BCUT2D eigenvalue weighted by Crippen LogP contribution is -2.41. The molecular formula is C17H27N3O3S. The van der Waals surface area contributed by atoms with Gasteiger partial charge in [0.15, 0.2) is 0 Å². The Morgan fingerprint density at radius 1 is 1.25 bits per heavy atom. The first-order valence-corrected chi connectivity index (χ1v) is 9.82. The molecule has 0 bridgehead atoms. The van der Waals surface area contributed by atoms with Crippen molar-refractivity contribution in [1.29, 1.82) is 0 Å². The van der Waals surface area contributed by atoms with Gasteiger partial charge in [0, 0.05) is 33.2 Å². The first-order chi connectivity index (χ1) is 11.3. The molecule has 1 aliphatic heterocycles. The van der Waals surface area contributed by atoms with Gasteiger partial charge in [-0.15, -0.1) is 0 Å². The second-order valence-corrected chi connectivity index (χ2v) is 8.37. The maximum Gasteiger partial charge on any atom is 0.316 e. The van der Waals surface area contributed by atoms with Crippen molar-refractivity contribution in [3.8, 4) is 0 Å². The molecule has 1 fully saturated rings. The number of amides is 2. The molecule has 134 valence electrons. The highest BCUT2D eigenvalue weighted by molar-refractivity contribution is 7.89. The Hall–Kier alpha value is -1.60. The van der Waals surface area contributed by atoms with Crippen LogP contribution < -0.4 is 5.32 Å². The number of piperidine rings is 1.